The predicted octanol–water partition coefficient (Wildman–Crippen LogP) is 1.14. The molecule has 1 aliphatic rings. The van der Waals surface area contributed by atoms with Crippen molar-refractivity contribution in [3.05, 3.63) is 18.2 Å². The molecular weight excluding hydrogens is 150 g/mol. The smallest absolute Gasteiger partial charge is 0.0948 e. The number of imidazole rings is 1. The van der Waals surface area contributed by atoms with Crippen LogP contribution in [0.5, 0.6) is 0 Å². The molecule has 0 aliphatic heterocycles. The van der Waals surface area contributed by atoms with Crippen LogP contribution in [-0.4, -0.2) is 9.55 Å². The first-order valence-electron chi connectivity index (χ1n) is 4.43. The van der Waals surface area contributed by atoms with Gasteiger partial charge in [0.25, 0.3) is 0 Å². The van der Waals surface area contributed by atoms with E-state index in [0.29, 0.717) is 12.0 Å². The Kier molecular flexibility index (Phi) is 1.68. The fourth-order valence-corrected chi connectivity index (χ4v) is 1.44. The molecule has 0 spiro atoms. The van der Waals surface area contributed by atoms with Crippen LogP contribution in [0.2, 0.25) is 0 Å². The fraction of sp³-hybridized carbons (Fsp3) is 0.667. The molecule has 2 rings (SSSR count). The third kappa shape index (κ3) is 1.37. The van der Waals surface area contributed by atoms with E-state index in [4.69, 9.17) is 5.73 Å². The van der Waals surface area contributed by atoms with E-state index in [-0.39, 0.29) is 0 Å². The number of nitrogens with two attached hydrogens (primary N) is 1. The summed E-state index contributed by atoms with van der Waals surface area (Å²) in [5, 5.41) is 0. The summed E-state index contributed by atoms with van der Waals surface area (Å²) in [6.07, 6.45) is 6.42. The zero-order valence-corrected chi connectivity index (χ0v) is 7.45. The minimum atomic E-state index is 0.532. The van der Waals surface area contributed by atoms with E-state index >= 15 is 0 Å². The third-order valence-electron chi connectivity index (χ3n) is 2.66. The summed E-state index contributed by atoms with van der Waals surface area (Å²) in [6, 6.07) is 0. The van der Waals surface area contributed by atoms with Gasteiger partial charge in [0, 0.05) is 19.3 Å². The van der Waals surface area contributed by atoms with Crippen LogP contribution in [0.3, 0.4) is 0 Å². The SMILES string of the molecule is CC1(Cn2cncc2CN)CC1. The summed E-state index contributed by atoms with van der Waals surface area (Å²) in [5.41, 5.74) is 7.25. The van der Waals surface area contributed by atoms with Crippen LogP contribution >= 0.6 is 0 Å². The molecule has 1 aromatic heterocycles. The Morgan fingerprint density at radius 1 is 1.67 bits per heavy atom. The van der Waals surface area contributed by atoms with Gasteiger partial charge in [0.2, 0.25) is 0 Å². The molecule has 0 saturated heterocycles. The summed E-state index contributed by atoms with van der Waals surface area (Å²) in [4.78, 5) is 4.09. The van der Waals surface area contributed by atoms with Crippen LogP contribution < -0.4 is 5.73 Å². The van der Waals surface area contributed by atoms with E-state index in [9.17, 15) is 0 Å². The molecule has 1 saturated carbocycles. The summed E-state index contributed by atoms with van der Waals surface area (Å²) in [6.45, 7) is 3.99. The first kappa shape index (κ1) is 7.80. The number of hydrogen-bond donors (Lipinski definition) is 1. The minimum Gasteiger partial charge on any atom is -0.333 e. The van der Waals surface area contributed by atoms with Crippen LogP contribution in [-0.2, 0) is 13.1 Å². The van der Waals surface area contributed by atoms with Gasteiger partial charge < -0.3 is 10.3 Å². The highest BCUT2D eigenvalue weighted by Gasteiger charge is 2.37. The van der Waals surface area contributed by atoms with E-state index in [2.05, 4.69) is 16.5 Å². The zero-order chi connectivity index (χ0) is 8.60. The largest absolute Gasteiger partial charge is 0.333 e. The van der Waals surface area contributed by atoms with Crippen molar-refractivity contribution in [2.75, 3.05) is 0 Å². The molecule has 2 N–H and O–H groups in total. The quantitative estimate of drug-likeness (QED) is 0.730. The Hall–Kier alpha value is -0.830. The van der Waals surface area contributed by atoms with Crippen LogP contribution in [0.15, 0.2) is 12.5 Å². The second kappa shape index (κ2) is 2.59. The van der Waals surface area contributed by atoms with Gasteiger partial charge in [0.15, 0.2) is 0 Å². The highest BCUT2D eigenvalue weighted by atomic mass is 15.1. The van der Waals surface area contributed by atoms with Crippen molar-refractivity contribution >= 4 is 0 Å². The molecule has 1 aromatic rings. The van der Waals surface area contributed by atoms with Crippen LogP contribution in [0, 0.1) is 5.41 Å². The first-order chi connectivity index (χ1) is 5.73. The molecule has 1 heterocycles. The predicted molar refractivity (Wildman–Crippen MR) is 47.5 cm³/mol. The van der Waals surface area contributed by atoms with E-state index in [0.717, 1.165) is 12.2 Å². The van der Waals surface area contributed by atoms with Crippen molar-refractivity contribution in [1.29, 1.82) is 0 Å². The molecule has 0 unspecified atom stereocenters. The lowest BCUT2D eigenvalue weighted by Gasteiger charge is -2.11. The standard InChI is InChI=1S/C9H15N3/c1-9(2-3-9)6-12-7-11-5-8(12)4-10/h5,7H,2-4,6,10H2,1H3. The minimum absolute atomic E-state index is 0.532. The lowest BCUT2D eigenvalue weighted by molar-refractivity contribution is 0.454. The molecule has 3 nitrogen and oxygen atoms in total. The van der Waals surface area contributed by atoms with Crippen LogP contribution in [0.4, 0.5) is 0 Å². The summed E-state index contributed by atoms with van der Waals surface area (Å²) in [7, 11) is 0. The topological polar surface area (TPSA) is 43.8 Å². The highest BCUT2D eigenvalue weighted by Crippen LogP contribution is 2.46. The maximum absolute atomic E-state index is 5.57. The maximum Gasteiger partial charge on any atom is 0.0948 e. The van der Waals surface area contributed by atoms with Gasteiger partial charge in [0.1, 0.15) is 0 Å². The van der Waals surface area contributed by atoms with Gasteiger partial charge in [-0.05, 0) is 18.3 Å². The molecule has 0 bridgehead atoms. The van der Waals surface area contributed by atoms with Crippen LogP contribution in [0.1, 0.15) is 25.5 Å². The highest BCUT2D eigenvalue weighted by molar-refractivity contribution is 5.00. The van der Waals surface area contributed by atoms with Crippen molar-refractivity contribution < 1.29 is 0 Å². The number of rotatable bonds is 3. The van der Waals surface area contributed by atoms with Gasteiger partial charge in [0.05, 0.1) is 12.0 Å². The van der Waals surface area contributed by atoms with Crippen molar-refractivity contribution in [1.82, 2.24) is 9.55 Å². The average molecular weight is 165 g/mol. The molecule has 0 aromatic carbocycles. The monoisotopic (exact) mass is 165 g/mol. The summed E-state index contributed by atoms with van der Waals surface area (Å²) < 4.78 is 2.17. The van der Waals surface area contributed by atoms with Crippen molar-refractivity contribution in [3.8, 4) is 0 Å². The van der Waals surface area contributed by atoms with Gasteiger partial charge in [-0.25, -0.2) is 4.98 Å². The molecule has 0 atom stereocenters. The fourth-order valence-electron chi connectivity index (χ4n) is 1.44. The van der Waals surface area contributed by atoms with Gasteiger partial charge in [-0.2, -0.15) is 0 Å². The molecule has 0 amide bonds. The summed E-state index contributed by atoms with van der Waals surface area (Å²) in [5.74, 6) is 0. The third-order valence-corrected chi connectivity index (χ3v) is 2.66. The number of nitrogens with zero attached hydrogens (tertiary/aromatic N) is 2. The molecule has 0 radical (unpaired) electrons. The van der Waals surface area contributed by atoms with E-state index in [1.165, 1.54) is 12.8 Å². The van der Waals surface area contributed by atoms with E-state index in [1.54, 1.807) is 0 Å². The van der Waals surface area contributed by atoms with Gasteiger partial charge in [-0.1, -0.05) is 6.92 Å². The van der Waals surface area contributed by atoms with Crippen LogP contribution in [0.25, 0.3) is 0 Å². The Balaban J connectivity index is 2.11. The van der Waals surface area contributed by atoms with E-state index in [1.807, 2.05) is 12.5 Å². The second-order valence-electron chi connectivity index (χ2n) is 4.03. The second-order valence-corrected chi connectivity index (χ2v) is 4.03. The van der Waals surface area contributed by atoms with Crippen molar-refractivity contribution in [2.45, 2.75) is 32.9 Å². The average Bonchev–Trinajstić information content (AvgIpc) is 2.64. The summed E-state index contributed by atoms with van der Waals surface area (Å²) >= 11 is 0. The lowest BCUT2D eigenvalue weighted by atomic mass is 10.1. The Labute approximate surface area is 72.6 Å². The molecule has 12 heavy (non-hydrogen) atoms. The lowest BCUT2D eigenvalue weighted by Crippen LogP contribution is -2.12. The molecule has 1 fully saturated rings. The van der Waals surface area contributed by atoms with Crippen molar-refractivity contribution in [2.24, 2.45) is 11.1 Å². The number of aromatic nitrogens is 2. The molecular formula is C9H15N3. The Morgan fingerprint density at radius 3 is 3.00 bits per heavy atom. The molecule has 66 valence electrons. The van der Waals surface area contributed by atoms with Gasteiger partial charge in [-0.3, -0.25) is 0 Å². The van der Waals surface area contributed by atoms with E-state index < -0.39 is 0 Å². The van der Waals surface area contributed by atoms with Crippen molar-refractivity contribution in [3.63, 3.8) is 0 Å². The van der Waals surface area contributed by atoms with Gasteiger partial charge in [-0.15, -0.1) is 0 Å². The normalized spacial score (nSPS) is 19.5. The Morgan fingerprint density at radius 2 is 2.42 bits per heavy atom. The molecule has 3 heteroatoms. The molecule has 1 aliphatic carbocycles. The zero-order valence-electron chi connectivity index (χ0n) is 7.45. The number of hydrogen-bond acceptors (Lipinski definition) is 2. The first-order valence-corrected chi connectivity index (χ1v) is 4.43. The van der Waals surface area contributed by atoms with Gasteiger partial charge >= 0.3 is 0 Å². The maximum atomic E-state index is 5.57. The Bertz CT molecular complexity index is 273.